The van der Waals surface area contributed by atoms with Crippen molar-refractivity contribution >= 4 is 58.0 Å². The monoisotopic (exact) mass is 991 g/mol. The molecule has 5 aliphatic rings. The van der Waals surface area contributed by atoms with Crippen LogP contribution in [0.3, 0.4) is 0 Å². The van der Waals surface area contributed by atoms with E-state index in [1.54, 1.807) is 4.90 Å². The van der Waals surface area contributed by atoms with E-state index >= 15 is 8.78 Å². The number of aryl methyl sites for hydroxylation is 1. The summed E-state index contributed by atoms with van der Waals surface area (Å²) in [6.07, 6.45) is 5.33. The number of methoxy groups -OCH3 is 1. The average Bonchev–Trinajstić information content (AvgIpc) is 3.86. The van der Waals surface area contributed by atoms with Crippen LogP contribution in [-0.2, 0) is 22.2 Å². The van der Waals surface area contributed by atoms with Crippen LogP contribution >= 0.6 is 11.6 Å². The van der Waals surface area contributed by atoms with Gasteiger partial charge in [-0.05, 0) is 80.3 Å². The molecule has 0 unspecified atom stereocenters. The molecule has 2 atom stereocenters. The Labute approximate surface area is 416 Å². The molecule has 5 heterocycles. The van der Waals surface area contributed by atoms with Crippen molar-refractivity contribution in [3.05, 3.63) is 100 Å². The van der Waals surface area contributed by atoms with E-state index in [0.717, 1.165) is 113 Å². The van der Waals surface area contributed by atoms with Crippen molar-refractivity contribution in [3.8, 4) is 22.6 Å². The minimum atomic E-state index is -1.07. The van der Waals surface area contributed by atoms with Crippen LogP contribution in [0.2, 0.25) is 5.02 Å². The first-order chi connectivity index (χ1) is 34.2. The van der Waals surface area contributed by atoms with Crippen molar-refractivity contribution in [1.82, 2.24) is 30.0 Å². The van der Waals surface area contributed by atoms with Crippen LogP contribution in [0.25, 0.3) is 22.2 Å². The summed E-state index contributed by atoms with van der Waals surface area (Å²) in [5.41, 5.74) is 8.06. The number of fused-ring (bicyclic) bond motifs is 2. The Bertz CT molecular complexity index is 2880. The van der Waals surface area contributed by atoms with Crippen LogP contribution in [0.15, 0.2) is 66.7 Å². The number of ether oxygens (including phenoxy) is 2. The first kappa shape index (κ1) is 48.3. The number of nitrogens with two attached hydrogens (primary N) is 1. The molecule has 0 bridgehead atoms. The predicted molar refractivity (Wildman–Crippen MR) is 267 cm³/mol. The number of hydrogen-bond acceptors (Lipinski definition) is 10. The molecule has 4 aliphatic heterocycles. The molecule has 18 heteroatoms. The SMILES string of the molecule is COc1ccc(C(N)=O)c(-c2c(Cl)c(F)cc3c2[C@H](C)[C@@](CNC2CCC(C(=O)N4CCC(CN5CCN(c6nc7cc(N8CCC(=O)NC8=O)ccc7n6C)CC5)CC4)CC2)(c2ccccc2)O3)c1F. The average molecular weight is 993 g/mol. The maximum atomic E-state index is 16.2. The van der Waals surface area contributed by atoms with Gasteiger partial charge in [0.05, 0.1) is 28.7 Å². The van der Waals surface area contributed by atoms with Crippen molar-refractivity contribution in [2.75, 3.05) is 75.8 Å². The van der Waals surface area contributed by atoms with Gasteiger partial charge in [0.15, 0.2) is 17.2 Å². The third-order valence-electron chi connectivity index (χ3n) is 15.8. The molecule has 0 radical (unpaired) electrons. The van der Waals surface area contributed by atoms with Gasteiger partial charge in [-0.25, -0.2) is 18.6 Å². The van der Waals surface area contributed by atoms with E-state index < -0.39 is 35.1 Å². The Morgan fingerprint density at radius 3 is 2.35 bits per heavy atom. The molecule has 1 aromatic heterocycles. The third kappa shape index (κ3) is 9.05. The normalized spacial score (nSPS) is 23.2. The highest BCUT2D eigenvalue weighted by molar-refractivity contribution is 6.34. The maximum absolute atomic E-state index is 16.2. The Hall–Kier alpha value is -6.30. The largest absolute Gasteiger partial charge is 0.494 e. The topological polar surface area (TPSA) is 168 Å². The second kappa shape index (κ2) is 19.7. The van der Waals surface area contributed by atoms with Gasteiger partial charge in [0.2, 0.25) is 23.7 Å². The second-order valence-electron chi connectivity index (χ2n) is 19.8. The molecule has 3 saturated heterocycles. The number of hydrogen-bond donors (Lipinski definition) is 3. The highest BCUT2D eigenvalue weighted by atomic mass is 35.5. The molecule has 71 heavy (non-hydrogen) atoms. The molecule has 5 aromatic rings. The fraction of sp³-hybridized carbons (Fsp3) is 0.453. The van der Waals surface area contributed by atoms with Gasteiger partial charge < -0.3 is 34.9 Å². The number of aromatic nitrogens is 2. The van der Waals surface area contributed by atoms with Crippen LogP contribution in [0.5, 0.6) is 11.5 Å². The van der Waals surface area contributed by atoms with Gasteiger partial charge in [0.25, 0.3) is 0 Å². The lowest BCUT2D eigenvalue weighted by Gasteiger charge is -2.40. The van der Waals surface area contributed by atoms with E-state index in [0.29, 0.717) is 24.6 Å². The lowest BCUT2D eigenvalue weighted by atomic mass is 9.77. The van der Waals surface area contributed by atoms with E-state index in [2.05, 4.69) is 29.9 Å². The lowest BCUT2D eigenvalue weighted by Crippen LogP contribution is -2.50. The third-order valence-corrected chi connectivity index (χ3v) is 16.2. The van der Waals surface area contributed by atoms with Gasteiger partial charge in [0, 0.05) is 119 Å². The number of carbonyl (C=O) groups excluding carboxylic acids is 4. The molecule has 4 aromatic carbocycles. The standard InChI is InChI=1S/C53H60ClF2N9O6/c1-31-44-42(28-38(55)47(54)46(44)45-37(49(57)67)14-16-41(70-3)48(45)56)71-53(31,34-7-5-4-6-8-34)30-58-35-11-9-33(10-12-35)50(68)63-20-17-32(18-21-63)29-62-23-25-64(26-24-62)51-59-39-27-36(13-15-40(39)61(51)2)65-22-19-43(66)60-52(65)69/h4-8,13-16,27-28,31-33,35,58H,9-12,17-26,29-30H2,1-3H3,(H2,57,67)(H,60,66,69)/t31-,33?,35?,53-/m0/s1. The Balaban J connectivity index is 0.727. The number of piperazine rings is 1. The second-order valence-corrected chi connectivity index (χ2v) is 20.2. The number of urea groups is 1. The van der Waals surface area contributed by atoms with Crippen LogP contribution in [0, 0.1) is 23.5 Å². The number of nitrogens with one attached hydrogen (secondary N) is 2. The summed E-state index contributed by atoms with van der Waals surface area (Å²) in [6, 6.07) is 19.0. The fourth-order valence-electron chi connectivity index (χ4n) is 11.7. The number of anilines is 2. The van der Waals surface area contributed by atoms with Gasteiger partial charge in [-0.1, -0.05) is 48.9 Å². The highest BCUT2D eigenvalue weighted by Crippen LogP contribution is 2.56. The van der Waals surface area contributed by atoms with Crippen molar-refractivity contribution < 1.29 is 37.4 Å². The fourth-order valence-corrected chi connectivity index (χ4v) is 12.0. The lowest BCUT2D eigenvalue weighted by molar-refractivity contribution is -0.138. The van der Waals surface area contributed by atoms with Gasteiger partial charge in [-0.3, -0.25) is 29.5 Å². The summed E-state index contributed by atoms with van der Waals surface area (Å²) >= 11 is 6.70. The Kier molecular flexibility index (Phi) is 13.4. The van der Waals surface area contributed by atoms with E-state index in [1.165, 1.54) is 25.3 Å². The Morgan fingerprint density at radius 2 is 1.66 bits per heavy atom. The smallest absolute Gasteiger partial charge is 0.328 e. The molecule has 0 spiro atoms. The molecule has 15 nitrogen and oxygen atoms in total. The summed E-state index contributed by atoms with van der Waals surface area (Å²) in [4.78, 5) is 64.3. The zero-order valence-electron chi connectivity index (χ0n) is 40.3. The van der Waals surface area contributed by atoms with Crippen molar-refractivity contribution in [2.45, 2.75) is 69.4 Å². The number of primary amides is 1. The van der Waals surface area contributed by atoms with Gasteiger partial charge in [-0.2, -0.15) is 0 Å². The molecule has 1 saturated carbocycles. The maximum Gasteiger partial charge on any atom is 0.328 e. The first-order valence-electron chi connectivity index (χ1n) is 24.7. The van der Waals surface area contributed by atoms with Gasteiger partial charge in [0.1, 0.15) is 11.6 Å². The minimum Gasteiger partial charge on any atom is -0.494 e. The minimum absolute atomic E-state index is 0.000745. The number of imidazole rings is 1. The van der Waals surface area contributed by atoms with Crippen LogP contribution in [-0.4, -0.2) is 115 Å². The summed E-state index contributed by atoms with van der Waals surface area (Å²) in [6.45, 7) is 8.69. The first-order valence-corrected chi connectivity index (χ1v) is 25.1. The number of amides is 5. The van der Waals surface area contributed by atoms with E-state index in [-0.39, 0.29) is 63.4 Å². The van der Waals surface area contributed by atoms with E-state index in [9.17, 15) is 19.2 Å². The number of nitrogens with zero attached hydrogens (tertiary/aromatic N) is 6. The van der Waals surface area contributed by atoms with Crippen molar-refractivity contribution in [2.24, 2.45) is 24.6 Å². The molecule has 1 aliphatic carbocycles. The zero-order chi connectivity index (χ0) is 49.7. The summed E-state index contributed by atoms with van der Waals surface area (Å²) in [7, 11) is 3.32. The molecule has 10 rings (SSSR count). The van der Waals surface area contributed by atoms with Crippen LogP contribution < -0.4 is 35.6 Å². The Morgan fingerprint density at radius 1 is 0.930 bits per heavy atom. The predicted octanol–water partition coefficient (Wildman–Crippen LogP) is 7.33. The zero-order valence-corrected chi connectivity index (χ0v) is 41.1. The molecular formula is C53H60ClF2N9O6. The van der Waals surface area contributed by atoms with E-state index in [1.807, 2.05) is 62.5 Å². The quantitative estimate of drug-likeness (QED) is 0.115. The summed E-state index contributed by atoms with van der Waals surface area (Å²) < 4.78 is 46.2. The summed E-state index contributed by atoms with van der Waals surface area (Å²) in [5, 5.41) is 5.79. The highest BCUT2D eigenvalue weighted by Gasteiger charge is 2.50. The number of benzene rings is 4. The number of carbonyl (C=O) groups is 4. The van der Waals surface area contributed by atoms with Crippen LogP contribution in [0.4, 0.5) is 25.2 Å². The molecule has 374 valence electrons. The number of halogens is 3. The van der Waals surface area contributed by atoms with Crippen molar-refractivity contribution in [3.63, 3.8) is 0 Å². The van der Waals surface area contributed by atoms with Gasteiger partial charge in [-0.15, -0.1) is 0 Å². The number of piperidine rings is 1. The molecule has 4 N–H and O–H groups in total. The molecular weight excluding hydrogens is 932 g/mol. The summed E-state index contributed by atoms with van der Waals surface area (Å²) in [5.74, 6) is -1.71. The van der Waals surface area contributed by atoms with Crippen molar-refractivity contribution in [1.29, 1.82) is 0 Å². The van der Waals surface area contributed by atoms with E-state index in [4.69, 9.17) is 31.8 Å². The molecule has 4 fully saturated rings. The number of rotatable bonds is 12. The number of imide groups is 1. The van der Waals surface area contributed by atoms with Gasteiger partial charge >= 0.3 is 6.03 Å². The number of likely N-dealkylation sites (tertiary alicyclic amines) is 1. The molecule has 5 amide bonds. The van der Waals surface area contributed by atoms with Crippen LogP contribution in [0.1, 0.15) is 79.3 Å².